The quantitative estimate of drug-likeness (QED) is 0.132. The fraction of sp³-hybridized carbons (Fsp3) is 0.0968. The molecule has 1 amide bonds. The summed E-state index contributed by atoms with van der Waals surface area (Å²) >= 11 is 12.2. The molecule has 5 nitrogen and oxygen atoms in total. The number of amides is 1. The normalized spacial score (nSPS) is 15.2. The van der Waals surface area contributed by atoms with Gasteiger partial charge in [0.2, 0.25) is 0 Å². The van der Waals surface area contributed by atoms with Gasteiger partial charge in [-0.15, -0.1) is 0 Å². The molecule has 0 aliphatic carbocycles. The molecule has 0 unspecified atom stereocenters. The number of hydrogen-bond acceptors (Lipinski definition) is 5. The first kappa shape index (κ1) is 29.0. The number of carbonyl (C=O) groups is 1. The molecule has 4 aromatic carbocycles. The number of amidine groups is 1. The molecule has 202 valence electrons. The first-order valence-corrected chi connectivity index (χ1v) is 15.6. The summed E-state index contributed by atoms with van der Waals surface area (Å²) in [6.45, 7) is 0.781. The van der Waals surface area contributed by atoms with Crippen molar-refractivity contribution >= 4 is 91.4 Å². The van der Waals surface area contributed by atoms with E-state index in [-0.39, 0.29) is 5.91 Å². The van der Waals surface area contributed by atoms with E-state index in [2.05, 4.69) is 45.2 Å². The molecule has 1 heterocycles. The molecule has 0 N–H and O–H groups in total. The zero-order valence-corrected chi connectivity index (χ0v) is 27.2. The molecule has 9 heteroatoms. The van der Waals surface area contributed by atoms with Crippen molar-refractivity contribution in [3.05, 3.63) is 125 Å². The van der Waals surface area contributed by atoms with Gasteiger partial charge in [-0.25, -0.2) is 4.99 Å². The molecule has 0 bridgehead atoms. The van der Waals surface area contributed by atoms with Gasteiger partial charge in [-0.05, 0) is 117 Å². The average Bonchev–Trinajstić information content (AvgIpc) is 3.23. The molecule has 0 saturated carbocycles. The molecule has 0 spiro atoms. The summed E-state index contributed by atoms with van der Waals surface area (Å²) in [7, 11) is 1.64. The van der Waals surface area contributed by atoms with Crippen molar-refractivity contribution in [3.63, 3.8) is 0 Å². The summed E-state index contributed by atoms with van der Waals surface area (Å²) in [5.74, 6) is 1.48. The summed E-state index contributed by atoms with van der Waals surface area (Å²) in [4.78, 5) is 20.8. The van der Waals surface area contributed by atoms with Crippen molar-refractivity contribution in [2.24, 2.45) is 4.99 Å². The molecule has 0 aromatic heterocycles. The van der Waals surface area contributed by atoms with Crippen LogP contribution in [-0.4, -0.2) is 23.1 Å². The Labute approximate surface area is 269 Å². The van der Waals surface area contributed by atoms with Crippen LogP contribution in [0.2, 0.25) is 5.02 Å². The zero-order chi connectivity index (χ0) is 28.1. The van der Waals surface area contributed by atoms with E-state index in [1.165, 1.54) is 11.8 Å². The molecule has 1 fully saturated rings. The van der Waals surface area contributed by atoms with Crippen LogP contribution in [0.25, 0.3) is 6.08 Å². The van der Waals surface area contributed by atoms with Crippen molar-refractivity contribution in [1.82, 2.24) is 4.90 Å². The summed E-state index contributed by atoms with van der Waals surface area (Å²) < 4.78 is 13.3. The fourth-order valence-electron chi connectivity index (χ4n) is 3.97. The Balaban J connectivity index is 1.41. The summed E-state index contributed by atoms with van der Waals surface area (Å²) in [6.07, 6.45) is 1.92. The van der Waals surface area contributed by atoms with E-state index in [1.807, 2.05) is 97.1 Å². The van der Waals surface area contributed by atoms with E-state index in [0.29, 0.717) is 28.2 Å². The molecular formula is C31H23ClI2N2O3S. The van der Waals surface area contributed by atoms with Crippen LogP contribution < -0.4 is 9.47 Å². The predicted octanol–water partition coefficient (Wildman–Crippen LogP) is 8.94. The van der Waals surface area contributed by atoms with Gasteiger partial charge in [0.15, 0.2) is 5.17 Å². The number of aliphatic imine (C=N–C) groups is 1. The maximum atomic E-state index is 13.7. The van der Waals surface area contributed by atoms with Crippen LogP contribution in [0, 0.1) is 7.14 Å². The number of hydrogen-bond donors (Lipinski definition) is 0. The minimum atomic E-state index is -0.0837. The number of benzene rings is 4. The number of methoxy groups -OCH3 is 1. The van der Waals surface area contributed by atoms with E-state index in [0.717, 1.165) is 41.0 Å². The summed E-state index contributed by atoms with van der Waals surface area (Å²) in [5.41, 5.74) is 3.63. The molecule has 5 rings (SSSR count). The Bertz CT molecular complexity index is 1570. The second kappa shape index (κ2) is 13.4. The van der Waals surface area contributed by atoms with Crippen LogP contribution in [0.5, 0.6) is 11.5 Å². The number of rotatable bonds is 8. The standard InChI is InChI=1S/C31H23ClI2N2O3S/c1-38-24-13-11-20(12-14-24)18-36-30(37)28(40-31(36)35-23-8-3-2-4-9-23)17-21-15-26(33)29(27(34)16-21)39-19-22-7-5-6-10-25(22)32/h2-17H,18-19H2,1H3/b28-17-,35-31?. The van der Waals surface area contributed by atoms with Gasteiger partial charge in [0.25, 0.3) is 5.91 Å². The highest BCUT2D eigenvalue weighted by Gasteiger charge is 2.33. The van der Waals surface area contributed by atoms with Gasteiger partial charge in [-0.3, -0.25) is 9.69 Å². The SMILES string of the molecule is COc1ccc(CN2C(=O)/C(=C/c3cc(I)c(OCc4ccccc4Cl)c(I)c3)SC2=Nc2ccccc2)cc1. The first-order chi connectivity index (χ1) is 19.4. The Morgan fingerprint density at radius 2 is 1.62 bits per heavy atom. The minimum Gasteiger partial charge on any atom is -0.497 e. The molecular weight excluding hydrogens is 770 g/mol. The summed E-state index contributed by atoms with van der Waals surface area (Å²) in [5, 5.41) is 1.32. The maximum absolute atomic E-state index is 13.7. The van der Waals surface area contributed by atoms with E-state index >= 15 is 0 Å². The molecule has 1 saturated heterocycles. The van der Waals surface area contributed by atoms with Gasteiger partial charge in [-0.1, -0.05) is 60.1 Å². The lowest BCUT2D eigenvalue weighted by Crippen LogP contribution is -2.28. The van der Waals surface area contributed by atoms with Crippen molar-refractivity contribution in [2.45, 2.75) is 13.2 Å². The zero-order valence-electron chi connectivity index (χ0n) is 21.3. The van der Waals surface area contributed by atoms with Crippen LogP contribution in [0.4, 0.5) is 5.69 Å². The number of nitrogens with zero attached hydrogens (tertiary/aromatic N) is 2. The predicted molar refractivity (Wildman–Crippen MR) is 180 cm³/mol. The largest absolute Gasteiger partial charge is 0.497 e. The topological polar surface area (TPSA) is 51.1 Å². The van der Waals surface area contributed by atoms with E-state index in [1.54, 1.807) is 12.0 Å². The Kier molecular flexibility index (Phi) is 9.72. The lowest BCUT2D eigenvalue weighted by atomic mass is 10.2. The first-order valence-electron chi connectivity index (χ1n) is 12.2. The van der Waals surface area contributed by atoms with Crippen LogP contribution in [0.15, 0.2) is 101 Å². The highest BCUT2D eigenvalue weighted by atomic mass is 127. The van der Waals surface area contributed by atoms with Crippen molar-refractivity contribution in [3.8, 4) is 11.5 Å². The number of thioether (sulfide) groups is 1. The van der Waals surface area contributed by atoms with Gasteiger partial charge < -0.3 is 9.47 Å². The van der Waals surface area contributed by atoms with Gasteiger partial charge in [0, 0.05) is 10.6 Å². The average molecular weight is 793 g/mol. The molecule has 1 aliphatic heterocycles. The highest BCUT2D eigenvalue weighted by molar-refractivity contribution is 14.1. The number of halogens is 3. The van der Waals surface area contributed by atoms with Gasteiger partial charge in [0.05, 0.1) is 31.4 Å². The molecule has 0 atom stereocenters. The molecule has 40 heavy (non-hydrogen) atoms. The fourth-order valence-corrected chi connectivity index (χ4v) is 7.29. The number of para-hydroxylation sites is 1. The smallest absolute Gasteiger partial charge is 0.267 e. The molecule has 1 aliphatic rings. The Morgan fingerprint density at radius 3 is 2.30 bits per heavy atom. The van der Waals surface area contributed by atoms with Crippen molar-refractivity contribution < 1.29 is 14.3 Å². The van der Waals surface area contributed by atoms with E-state index in [9.17, 15) is 4.79 Å². The third kappa shape index (κ3) is 7.02. The number of carbonyl (C=O) groups excluding carboxylic acids is 1. The third-order valence-electron chi connectivity index (χ3n) is 6.02. The van der Waals surface area contributed by atoms with Crippen LogP contribution >= 0.6 is 68.5 Å². The van der Waals surface area contributed by atoms with Gasteiger partial charge >= 0.3 is 0 Å². The van der Waals surface area contributed by atoms with E-state index in [4.69, 9.17) is 26.1 Å². The second-order valence-corrected chi connectivity index (χ2v) is 12.5. The lowest BCUT2D eigenvalue weighted by molar-refractivity contribution is -0.122. The van der Waals surface area contributed by atoms with E-state index < -0.39 is 0 Å². The van der Waals surface area contributed by atoms with Crippen molar-refractivity contribution in [1.29, 1.82) is 0 Å². The molecule has 0 radical (unpaired) electrons. The second-order valence-electron chi connectivity index (χ2n) is 8.77. The van der Waals surface area contributed by atoms with Crippen LogP contribution in [0.3, 0.4) is 0 Å². The Morgan fingerprint density at radius 1 is 0.950 bits per heavy atom. The van der Waals surface area contributed by atoms with Crippen molar-refractivity contribution in [2.75, 3.05) is 7.11 Å². The van der Waals surface area contributed by atoms with Gasteiger partial charge in [0.1, 0.15) is 18.1 Å². The van der Waals surface area contributed by atoms with Gasteiger partial charge in [-0.2, -0.15) is 0 Å². The lowest BCUT2D eigenvalue weighted by Gasteiger charge is -2.16. The monoisotopic (exact) mass is 792 g/mol. The third-order valence-corrected chi connectivity index (χ3v) is 8.99. The van der Waals surface area contributed by atoms with Crippen LogP contribution in [0.1, 0.15) is 16.7 Å². The van der Waals surface area contributed by atoms with Crippen LogP contribution in [-0.2, 0) is 17.9 Å². The Hall–Kier alpha value is -2.54. The highest BCUT2D eigenvalue weighted by Crippen LogP contribution is 2.37. The molecule has 4 aromatic rings. The number of ether oxygens (including phenoxy) is 2. The maximum Gasteiger partial charge on any atom is 0.267 e. The minimum absolute atomic E-state index is 0.0837. The summed E-state index contributed by atoms with van der Waals surface area (Å²) in [6, 6.07) is 29.1.